The Labute approximate surface area is 117 Å². The van der Waals surface area contributed by atoms with Crippen LogP contribution in [0.25, 0.3) is 0 Å². The van der Waals surface area contributed by atoms with Gasteiger partial charge in [-0.2, -0.15) is 4.98 Å². The van der Waals surface area contributed by atoms with E-state index in [2.05, 4.69) is 16.2 Å². The second-order valence-electron chi connectivity index (χ2n) is 5.13. The normalized spacial score (nSPS) is 13.9. The van der Waals surface area contributed by atoms with Gasteiger partial charge in [-0.05, 0) is 12.5 Å². The second-order valence-corrected chi connectivity index (χ2v) is 5.13. The van der Waals surface area contributed by atoms with Gasteiger partial charge in [-0.15, -0.1) is 0 Å². The molecule has 0 amide bonds. The molecule has 2 atom stereocenters. The average molecular weight is 274 g/mol. The van der Waals surface area contributed by atoms with Crippen LogP contribution in [0.3, 0.4) is 0 Å². The third-order valence-corrected chi connectivity index (χ3v) is 3.46. The predicted octanol–water partition coefficient (Wildman–Crippen LogP) is 2.79. The SMILES string of the molecule is Cc1cccc(Cc2noc(C(C)C(C)C(=O)O)n2)c1. The molecular weight excluding hydrogens is 256 g/mol. The van der Waals surface area contributed by atoms with Crippen molar-refractivity contribution >= 4 is 5.97 Å². The Balaban J connectivity index is 2.11. The summed E-state index contributed by atoms with van der Waals surface area (Å²) in [6.07, 6.45) is 0.583. The van der Waals surface area contributed by atoms with Gasteiger partial charge in [0.25, 0.3) is 0 Å². The molecule has 1 aromatic carbocycles. The van der Waals surface area contributed by atoms with Crippen LogP contribution in [0.15, 0.2) is 28.8 Å². The van der Waals surface area contributed by atoms with Gasteiger partial charge in [0.2, 0.25) is 5.89 Å². The van der Waals surface area contributed by atoms with E-state index >= 15 is 0 Å². The number of hydrogen-bond donors (Lipinski definition) is 1. The van der Waals surface area contributed by atoms with Gasteiger partial charge in [0.05, 0.1) is 5.92 Å². The van der Waals surface area contributed by atoms with Crippen LogP contribution >= 0.6 is 0 Å². The first kappa shape index (κ1) is 14.2. The molecule has 2 unspecified atom stereocenters. The largest absolute Gasteiger partial charge is 0.481 e. The van der Waals surface area contributed by atoms with E-state index in [4.69, 9.17) is 9.63 Å². The summed E-state index contributed by atoms with van der Waals surface area (Å²) >= 11 is 0. The van der Waals surface area contributed by atoms with Crippen molar-refractivity contribution in [1.29, 1.82) is 0 Å². The number of aryl methyl sites for hydroxylation is 1. The molecule has 0 aliphatic rings. The average Bonchev–Trinajstić information content (AvgIpc) is 2.85. The fourth-order valence-corrected chi connectivity index (χ4v) is 1.96. The molecule has 0 bridgehead atoms. The number of hydrogen-bond acceptors (Lipinski definition) is 4. The first-order valence-electron chi connectivity index (χ1n) is 6.58. The molecule has 20 heavy (non-hydrogen) atoms. The van der Waals surface area contributed by atoms with Gasteiger partial charge in [-0.3, -0.25) is 4.79 Å². The Morgan fingerprint density at radius 2 is 2.15 bits per heavy atom. The zero-order valence-electron chi connectivity index (χ0n) is 11.8. The Kier molecular flexibility index (Phi) is 4.17. The molecular formula is C15H18N2O3. The van der Waals surface area contributed by atoms with Crippen molar-refractivity contribution in [3.63, 3.8) is 0 Å². The number of carboxylic acid groups (broad SMARTS) is 1. The monoisotopic (exact) mass is 274 g/mol. The molecule has 2 aromatic rings. The van der Waals surface area contributed by atoms with Crippen molar-refractivity contribution in [3.05, 3.63) is 47.1 Å². The highest BCUT2D eigenvalue weighted by molar-refractivity contribution is 5.70. The van der Waals surface area contributed by atoms with E-state index in [1.807, 2.05) is 25.1 Å². The summed E-state index contributed by atoms with van der Waals surface area (Å²) in [5.41, 5.74) is 2.29. The van der Waals surface area contributed by atoms with Crippen molar-refractivity contribution in [2.75, 3.05) is 0 Å². The summed E-state index contributed by atoms with van der Waals surface area (Å²) in [7, 11) is 0. The van der Waals surface area contributed by atoms with Crippen LogP contribution < -0.4 is 0 Å². The van der Waals surface area contributed by atoms with Gasteiger partial charge in [-0.1, -0.05) is 48.8 Å². The highest BCUT2D eigenvalue weighted by Crippen LogP contribution is 2.23. The molecule has 5 nitrogen and oxygen atoms in total. The molecule has 1 aromatic heterocycles. The number of carbonyl (C=O) groups is 1. The van der Waals surface area contributed by atoms with E-state index in [0.29, 0.717) is 18.1 Å². The van der Waals surface area contributed by atoms with E-state index in [0.717, 1.165) is 5.56 Å². The lowest BCUT2D eigenvalue weighted by Crippen LogP contribution is -2.16. The second kappa shape index (κ2) is 5.86. The van der Waals surface area contributed by atoms with Crippen LogP contribution in [-0.4, -0.2) is 21.2 Å². The molecule has 0 radical (unpaired) electrons. The molecule has 1 N–H and O–H groups in total. The number of aliphatic carboxylic acids is 1. The first-order chi connectivity index (χ1) is 9.47. The van der Waals surface area contributed by atoms with Gasteiger partial charge >= 0.3 is 5.97 Å². The Bertz CT molecular complexity index is 607. The highest BCUT2D eigenvalue weighted by atomic mass is 16.5. The fourth-order valence-electron chi connectivity index (χ4n) is 1.96. The molecule has 0 saturated carbocycles. The summed E-state index contributed by atoms with van der Waals surface area (Å²) in [5.74, 6) is -0.762. The minimum Gasteiger partial charge on any atom is -0.481 e. The van der Waals surface area contributed by atoms with Gasteiger partial charge in [0, 0.05) is 12.3 Å². The van der Waals surface area contributed by atoms with Gasteiger partial charge in [-0.25, -0.2) is 0 Å². The molecule has 0 fully saturated rings. The first-order valence-corrected chi connectivity index (χ1v) is 6.58. The number of rotatable bonds is 5. The molecule has 5 heteroatoms. The molecule has 0 aliphatic carbocycles. The van der Waals surface area contributed by atoms with Crippen LogP contribution in [0.2, 0.25) is 0 Å². The number of carboxylic acids is 1. The summed E-state index contributed by atoms with van der Waals surface area (Å²) in [6, 6.07) is 8.09. The third kappa shape index (κ3) is 3.23. The van der Waals surface area contributed by atoms with E-state index in [1.54, 1.807) is 13.8 Å². The molecule has 2 rings (SSSR count). The summed E-state index contributed by atoms with van der Waals surface area (Å²) < 4.78 is 5.18. The van der Waals surface area contributed by atoms with Crippen LogP contribution in [0.4, 0.5) is 0 Å². The van der Waals surface area contributed by atoms with Crippen LogP contribution in [0.1, 0.15) is 42.6 Å². The standard InChI is InChI=1S/C15H18N2O3/c1-9-5-4-6-12(7-9)8-13-16-14(20-17-13)10(2)11(3)15(18)19/h4-7,10-11H,8H2,1-3H3,(H,18,19). The van der Waals surface area contributed by atoms with Crippen molar-refractivity contribution in [2.45, 2.75) is 33.1 Å². The van der Waals surface area contributed by atoms with Gasteiger partial charge < -0.3 is 9.63 Å². The topological polar surface area (TPSA) is 76.2 Å². The van der Waals surface area contributed by atoms with E-state index in [-0.39, 0.29) is 5.92 Å². The number of nitrogens with zero attached hydrogens (tertiary/aromatic N) is 2. The maximum absolute atomic E-state index is 11.0. The minimum absolute atomic E-state index is 0.300. The Morgan fingerprint density at radius 1 is 1.40 bits per heavy atom. The van der Waals surface area contributed by atoms with Crippen LogP contribution in [-0.2, 0) is 11.2 Å². The highest BCUT2D eigenvalue weighted by Gasteiger charge is 2.25. The zero-order valence-corrected chi connectivity index (χ0v) is 11.8. The molecule has 0 saturated heterocycles. The maximum atomic E-state index is 11.0. The lowest BCUT2D eigenvalue weighted by atomic mass is 9.96. The number of benzene rings is 1. The van der Waals surface area contributed by atoms with Gasteiger partial charge in [0.1, 0.15) is 0 Å². The summed E-state index contributed by atoms with van der Waals surface area (Å²) in [5, 5.41) is 12.9. The number of aromatic nitrogens is 2. The summed E-state index contributed by atoms with van der Waals surface area (Å²) in [4.78, 5) is 15.3. The van der Waals surface area contributed by atoms with Crippen molar-refractivity contribution < 1.29 is 14.4 Å². The predicted molar refractivity (Wildman–Crippen MR) is 73.5 cm³/mol. The third-order valence-electron chi connectivity index (χ3n) is 3.46. The summed E-state index contributed by atoms with van der Waals surface area (Å²) in [6.45, 7) is 5.45. The Hall–Kier alpha value is -2.17. The van der Waals surface area contributed by atoms with Crippen LogP contribution in [0.5, 0.6) is 0 Å². The van der Waals surface area contributed by atoms with Crippen molar-refractivity contribution in [2.24, 2.45) is 5.92 Å². The van der Waals surface area contributed by atoms with E-state index in [1.165, 1.54) is 5.56 Å². The van der Waals surface area contributed by atoms with E-state index < -0.39 is 11.9 Å². The maximum Gasteiger partial charge on any atom is 0.307 e. The molecule has 0 aliphatic heterocycles. The quantitative estimate of drug-likeness (QED) is 0.907. The molecule has 0 spiro atoms. The van der Waals surface area contributed by atoms with Crippen molar-refractivity contribution in [1.82, 2.24) is 10.1 Å². The smallest absolute Gasteiger partial charge is 0.307 e. The Morgan fingerprint density at radius 3 is 2.80 bits per heavy atom. The van der Waals surface area contributed by atoms with Gasteiger partial charge in [0.15, 0.2) is 5.82 Å². The zero-order chi connectivity index (χ0) is 14.7. The fraction of sp³-hybridized carbons (Fsp3) is 0.400. The lowest BCUT2D eigenvalue weighted by Gasteiger charge is -2.10. The lowest BCUT2D eigenvalue weighted by molar-refractivity contribution is -0.141. The van der Waals surface area contributed by atoms with Crippen molar-refractivity contribution in [3.8, 4) is 0 Å². The molecule has 106 valence electrons. The molecule has 1 heterocycles. The van der Waals surface area contributed by atoms with E-state index in [9.17, 15) is 4.79 Å². The van der Waals surface area contributed by atoms with Crippen LogP contribution in [0, 0.1) is 12.8 Å². The minimum atomic E-state index is -0.865.